The molecule has 2 fully saturated rings. The fourth-order valence-corrected chi connectivity index (χ4v) is 4.11. The Labute approximate surface area is 146 Å². The second-order valence-corrected chi connectivity index (χ2v) is 7.10. The maximum Gasteiger partial charge on any atom is 0.223 e. The minimum atomic E-state index is 0. The van der Waals surface area contributed by atoms with Crippen LogP contribution < -0.4 is 5.32 Å². The number of rotatable bonds is 3. The summed E-state index contributed by atoms with van der Waals surface area (Å²) in [6.07, 6.45) is 2.97. The number of aryl methyl sites for hydroxylation is 1. The van der Waals surface area contributed by atoms with E-state index < -0.39 is 0 Å². The zero-order chi connectivity index (χ0) is 15.5. The highest BCUT2D eigenvalue weighted by atomic mass is 35.5. The number of nitrogens with zero attached hydrogens (tertiary/aromatic N) is 1. The lowest BCUT2D eigenvalue weighted by Gasteiger charge is -2.23. The van der Waals surface area contributed by atoms with Gasteiger partial charge in [-0.2, -0.15) is 0 Å². The molecule has 23 heavy (non-hydrogen) atoms. The van der Waals surface area contributed by atoms with Crippen molar-refractivity contribution in [2.24, 2.45) is 11.8 Å². The first-order chi connectivity index (χ1) is 10.6. The lowest BCUT2D eigenvalue weighted by Crippen LogP contribution is -2.33. The smallest absolute Gasteiger partial charge is 0.223 e. The Balaban J connectivity index is 0.00000192. The van der Waals surface area contributed by atoms with Gasteiger partial charge in [0.05, 0.1) is 0 Å². The zero-order valence-corrected chi connectivity index (χ0v) is 15.1. The van der Waals surface area contributed by atoms with E-state index in [9.17, 15) is 4.79 Å². The SMILES string of the molecule is Cc1ccccc1C(C)CC(=O)N1CC[C@@H]2CNC[C@@H]2CC1.Cl. The normalized spacial score (nSPS) is 25.2. The van der Waals surface area contributed by atoms with Crippen LogP contribution in [0.3, 0.4) is 0 Å². The number of carbonyl (C=O) groups is 1. The number of halogens is 1. The van der Waals surface area contributed by atoms with E-state index in [4.69, 9.17) is 0 Å². The van der Waals surface area contributed by atoms with Crippen molar-refractivity contribution in [2.45, 2.75) is 39.0 Å². The van der Waals surface area contributed by atoms with Gasteiger partial charge in [0.15, 0.2) is 0 Å². The Morgan fingerprint density at radius 1 is 1.22 bits per heavy atom. The maximum absolute atomic E-state index is 12.7. The van der Waals surface area contributed by atoms with E-state index >= 15 is 0 Å². The summed E-state index contributed by atoms with van der Waals surface area (Å²) in [7, 11) is 0. The summed E-state index contributed by atoms with van der Waals surface area (Å²) < 4.78 is 0. The molecule has 0 aromatic heterocycles. The summed E-state index contributed by atoms with van der Waals surface area (Å²) in [6, 6.07) is 8.43. The molecule has 0 aliphatic carbocycles. The molecule has 128 valence electrons. The molecular formula is C19H29ClN2O. The van der Waals surface area contributed by atoms with Crippen molar-refractivity contribution < 1.29 is 4.79 Å². The van der Waals surface area contributed by atoms with E-state index in [1.54, 1.807) is 0 Å². The van der Waals surface area contributed by atoms with Crippen LogP contribution in [0.25, 0.3) is 0 Å². The van der Waals surface area contributed by atoms with Gasteiger partial charge in [-0.15, -0.1) is 12.4 Å². The second kappa shape index (κ2) is 8.16. The molecule has 3 nitrogen and oxygen atoms in total. The quantitative estimate of drug-likeness (QED) is 0.917. The molecule has 4 heteroatoms. The van der Waals surface area contributed by atoms with Crippen LogP contribution in [0.4, 0.5) is 0 Å². The highest BCUT2D eigenvalue weighted by molar-refractivity contribution is 5.85. The third kappa shape index (κ3) is 4.27. The highest BCUT2D eigenvalue weighted by Crippen LogP contribution is 2.28. The molecule has 0 radical (unpaired) electrons. The number of nitrogens with one attached hydrogen (secondary N) is 1. The number of carbonyl (C=O) groups excluding carboxylic acids is 1. The van der Waals surface area contributed by atoms with Crippen molar-refractivity contribution in [1.29, 1.82) is 0 Å². The summed E-state index contributed by atoms with van der Waals surface area (Å²) in [4.78, 5) is 14.8. The van der Waals surface area contributed by atoms with Crippen molar-refractivity contribution in [3.8, 4) is 0 Å². The number of amides is 1. The number of benzene rings is 1. The molecule has 2 aliphatic heterocycles. The van der Waals surface area contributed by atoms with E-state index in [0.717, 1.165) is 38.0 Å². The van der Waals surface area contributed by atoms with Gasteiger partial charge in [-0.05, 0) is 61.7 Å². The molecule has 1 unspecified atom stereocenters. The Kier molecular flexibility index (Phi) is 6.49. The topological polar surface area (TPSA) is 32.3 Å². The largest absolute Gasteiger partial charge is 0.343 e. The highest BCUT2D eigenvalue weighted by Gasteiger charge is 2.31. The van der Waals surface area contributed by atoms with Gasteiger partial charge in [0.1, 0.15) is 0 Å². The van der Waals surface area contributed by atoms with Gasteiger partial charge in [0.25, 0.3) is 0 Å². The molecule has 1 amide bonds. The maximum atomic E-state index is 12.7. The summed E-state index contributed by atoms with van der Waals surface area (Å²) >= 11 is 0. The fourth-order valence-electron chi connectivity index (χ4n) is 4.11. The minimum Gasteiger partial charge on any atom is -0.343 e. The van der Waals surface area contributed by atoms with Gasteiger partial charge in [0, 0.05) is 19.5 Å². The van der Waals surface area contributed by atoms with Gasteiger partial charge in [0.2, 0.25) is 5.91 Å². The van der Waals surface area contributed by atoms with E-state index in [1.807, 2.05) is 0 Å². The molecule has 1 aromatic rings. The van der Waals surface area contributed by atoms with E-state index in [1.165, 1.54) is 24.0 Å². The van der Waals surface area contributed by atoms with E-state index in [2.05, 4.69) is 48.3 Å². The monoisotopic (exact) mass is 336 g/mol. The number of hydrogen-bond donors (Lipinski definition) is 1. The predicted molar refractivity (Wildman–Crippen MR) is 97.1 cm³/mol. The first-order valence-electron chi connectivity index (χ1n) is 8.69. The van der Waals surface area contributed by atoms with Crippen LogP contribution in [-0.4, -0.2) is 37.0 Å². The Hall–Kier alpha value is -1.06. The predicted octanol–water partition coefficient (Wildman–Crippen LogP) is 3.37. The molecule has 0 spiro atoms. The number of likely N-dealkylation sites (tertiary alicyclic amines) is 1. The molecule has 2 heterocycles. The van der Waals surface area contributed by atoms with Gasteiger partial charge >= 0.3 is 0 Å². The first kappa shape index (κ1) is 18.3. The van der Waals surface area contributed by atoms with Gasteiger partial charge in [-0.25, -0.2) is 0 Å². The molecule has 2 aliphatic rings. The van der Waals surface area contributed by atoms with E-state index in [0.29, 0.717) is 18.2 Å². The number of fused-ring (bicyclic) bond motifs is 1. The molecule has 0 bridgehead atoms. The summed E-state index contributed by atoms with van der Waals surface area (Å²) in [5.41, 5.74) is 2.60. The third-order valence-electron chi connectivity index (χ3n) is 5.57. The number of hydrogen-bond acceptors (Lipinski definition) is 2. The lowest BCUT2D eigenvalue weighted by atomic mass is 9.92. The molecule has 2 saturated heterocycles. The summed E-state index contributed by atoms with van der Waals surface area (Å²) in [5.74, 6) is 2.21. The molecule has 1 N–H and O–H groups in total. The van der Waals surface area contributed by atoms with Gasteiger partial charge in [-0.1, -0.05) is 31.2 Å². The first-order valence-corrected chi connectivity index (χ1v) is 8.69. The third-order valence-corrected chi connectivity index (χ3v) is 5.57. The second-order valence-electron chi connectivity index (χ2n) is 7.10. The van der Waals surface area contributed by atoms with Crippen molar-refractivity contribution >= 4 is 18.3 Å². The zero-order valence-electron chi connectivity index (χ0n) is 14.3. The average molecular weight is 337 g/mol. The molecular weight excluding hydrogens is 308 g/mol. The van der Waals surface area contributed by atoms with Crippen LogP contribution in [-0.2, 0) is 4.79 Å². The molecule has 0 saturated carbocycles. The molecule has 1 aromatic carbocycles. The Bertz CT molecular complexity index is 520. The van der Waals surface area contributed by atoms with Crippen molar-refractivity contribution in [3.05, 3.63) is 35.4 Å². The van der Waals surface area contributed by atoms with Crippen LogP contribution in [0.2, 0.25) is 0 Å². The van der Waals surface area contributed by atoms with Gasteiger partial charge < -0.3 is 10.2 Å². The van der Waals surface area contributed by atoms with Crippen LogP contribution in [0.5, 0.6) is 0 Å². The molecule has 3 rings (SSSR count). The molecule has 3 atom stereocenters. The average Bonchev–Trinajstić information content (AvgIpc) is 2.86. The van der Waals surface area contributed by atoms with Gasteiger partial charge in [-0.3, -0.25) is 4.79 Å². The summed E-state index contributed by atoms with van der Waals surface area (Å²) in [6.45, 7) is 8.50. The van der Waals surface area contributed by atoms with Crippen LogP contribution in [0.15, 0.2) is 24.3 Å². The Morgan fingerprint density at radius 2 is 1.83 bits per heavy atom. The minimum absolute atomic E-state index is 0. The standard InChI is InChI=1S/C19H28N2O.ClH/c1-14-5-3-4-6-18(14)15(2)11-19(22)21-9-7-16-12-20-13-17(16)8-10-21;/h3-6,15-17,20H,7-13H2,1-2H3;1H/t15?,16-,17+;. The van der Waals surface area contributed by atoms with Crippen molar-refractivity contribution in [1.82, 2.24) is 10.2 Å². The Morgan fingerprint density at radius 3 is 2.43 bits per heavy atom. The summed E-state index contributed by atoms with van der Waals surface area (Å²) in [5, 5.41) is 3.49. The van der Waals surface area contributed by atoms with Crippen molar-refractivity contribution in [3.63, 3.8) is 0 Å². The van der Waals surface area contributed by atoms with Crippen LogP contribution in [0.1, 0.15) is 43.2 Å². The van der Waals surface area contributed by atoms with E-state index in [-0.39, 0.29) is 12.4 Å². The van der Waals surface area contributed by atoms with Crippen molar-refractivity contribution in [2.75, 3.05) is 26.2 Å². The lowest BCUT2D eigenvalue weighted by molar-refractivity contribution is -0.131. The van der Waals surface area contributed by atoms with Crippen LogP contribution >= 0.6 is 12.4 Å². The van der Waals surface area contributed by atoms with Crippen LogP contribution in [0, 0.1) is 18.8 Å². The fraction of sp³-hybridized carbons (Fsp3) is 0.632.